The van der Waals surface area contributed by atoms with Crippen molar-refractivity contribution in [2.75, 3.05) is 44.3 Å². The lowest BCUT2D eigenvalue weighted by atomic mass is 10.2. The number of fused-ring (bicyclic) bond motifs is 1. The lowest BCUT2D eigenvalue weighted by Gasteiger charge is -2.29. The third kappa shape index (κ3) is 5.09. The van der Waals surface area contributed by atoms with Gasteiger partial charge in [0.15, 0.2) is 5.13 Å². The Bertz CT molecular complexity index is 1270. The van der Waals surface area contributed by atoms with Crippen LogP contribution in [0, 0.1) is 5.82 Å². The van der Waals surface area contributed by atoms with E-state index >= 15 is 0 Å². The standard InChI is InChI=1S/C26H24FN3O3S/c27-22-10-5-11-23-24(22)28-26(34-23)30(13-12-29-14-16-32-17-15-29)25(31)19-6-4-9-21(18-19)33-20-7-2-1-3-8-20/h1-11,18H,12-17H2. The van der Waals surface area contributed by atoms with E-state index in [-0.39, 0.29) is 17.2 Å². The molecular weight excluding hydrogens is 453 g/mol. The number of carbonyl (C=O) groups excluding carboxylic acids is 1. The minimum atomic E-state index is -0.390. The number of nitrogens with zero attached hydrogens (tertiary/aromatic N) is 3. The van der Waals surface area contributed by atoms with Crippen molar-refractivity contribution in [1.29, 1.82) is 0 Å². The fraction of sp³-hybridized carbons (Fsp3) is 0.231. The Labute approximate surface area is 201 Å². The Morgan fingerprint density at radius 2 is 1.79 bits per heavy atom. The van der Waals surface area contributed by atoms with Crippen LogP contribution in [0.5, 0.6) is 11.5 Å². The Morgan fingerprint density at radius 3 is 2.59 bits per heavy atom. The number of para-hydroxylation sites is 2. The number of aromatic nitrogens is 1. The number of thiazole rings is 1. The van der Waals surface area contributed by atoms with E-state index < -0.39 is 0 Å². The molecule has 8 heteroatoms. The zero-order valence-corrected chi connectivity index (χ0v) is 19.3. The van der Waals surface area contributed by atoms with Crippen LogP contribution in [0.15, 0.2) is 72.8 Å². The maximum atomic E-state index is 14.3. The van der Waals surface area contributed by atoms with Crippen molar-refractivity contribution in [1.82, 2.24) is 9.88 Å². The molecule has 0 saturated carbocycles. The summed E-state index contributed by atoms with van der Waals surface area (Å²) in [5.41, 5.74) is 0.767. The molecule has 34 heavy (non-hydrogen) atoms. The first-order valence-corrected chi connectivity index (χ1v) is 12.0. The summed E-state index contributed by atoms with van der Waals surface area (Å²) in [7, 11) is 0. The fourth-order valence-corrected chi connectivity index (χ4v) is 4.85. The van der Waals surface area contributed by atoms with E-state index in [0.717, 1.165) is 13.1 Å². The third-order valence-corrected chi connectivity index (χ3v) is 6.68. The van der Waals surface area contributed by atoms with Crippen LogP contribution in [0.3, 0.4) is 0 Å². The number of amides is 1. The van der Waals surface area contributed by atoms with Gasteiger partial charge in [0.1, 0.15) is 22.8 Å². The summed E-state index contributed by atoms with van der Waals surface area (Å²) >= 11 is 1.32. The Kier molecular flexibility index (Phi) is 6.80. The predicted octanol–water partition coefficient (Wildman–Crippen LogP) is 5.21. The van der Waals surface area contributed by atoms with Gasteiger partial charge in [0.25, 0.3) is 5.91 Å². The molecule has 3 aromatic carbocycles. The van der Waals surface area contributed by atoms with E-state index in [0.29, 0.717) is 53.2 Å². The van der Waals surface area contributed by atoms with Gasteiger partial charge in [-0.05, 0) is 42.5 Å². The van der Waals surface area contributed by atoms with E-state index in [1.54, 1.807) is 29.2 Å². The average Bonchev–Trinajstić information content (AvgIpc) is 3.31. The topological polar surface area (TPSA) is 54.9 Å². The second kappa shape index (κ2) is 10.3. The number of halogens is 1. The molecule has 0 N–H and O–H groups in total. The summed E-state index contributed by atoms with van der Waals surface area (Å²) in [5.74, 6) is 0.670. The van der Waals surface area contributed by atoms with Crippen LogP contribution in [0.25, 0.3) is 10.2 Å². The zero-order chi connectivity index (χ0) is 23.3. The number of benzene rings is 3. The van der Waals surface area contributed by atoms with Crippen molar-refractivity contribution in [3.63, 3.8) is 0 Å². The molecular formula is C26H24FN3O3S. The van der Waals surface area contributed by atoms with Crippen molar-refractivity contribution in [2.24, 2.45) is 0 Å². The minimum absolute atomic E-state index is 0.203. The van der Waals surface area contributed by atoms with E-state index in [1.165, 1.54) is 17.4 Å². The molecule has 0 radical (unpaired) electrons. The first-order valence-electron chi connectivity index (χ1n) is 11.2. The summed E-state index contributed by atoms with van der Waals surface area (Å²) < 4.78 is 26.4. The van der Waals surface area contributed by atoms with E-state index in [1.807, 2.05) is 42.5 Å². The molecule has 1 aliphatic heterocycles. The molecule has 4 aromatic rings. The first kappa shape index (κ1) is 22.5. The van der Waals surface area contributed by atoms with Gasteiger partial charge in [-0.1, -0.05) is 41.7 Å². The number of rotatable bonds is 7. The zero-order valence-electron chi connectivity index (χ0n) is 18.5. The molecule has 5 rings (SSSR count). The van der Waals surface area contributed by atoms with Crippen LogP contribution in [-0.4, -0.2) is 55.2 Å². The van der Waals surface area contributed by atoms with Gasteiger partial charge in [-0.25, -0.2) is 9.37 Å². The molecule has 1 saturated heterocycles. The van der Waals surface area contributed by atoms with Crippen molar-refractivity contribution in [2.45, 2.75) is 0 Å². The molecule has 0 bridgehead atoms. The number of morpholine rings is 1. The molecule has 1 amide bonds. The maximum Gasteiger partial charge on any atom is 0.260 e. The molecule has 6 nitrogen and oxygen atoms in total. The largest absolute Gasteiger partial charge is 0.457 e. The molecule has 1 aromatic heterocycles. The van der Waals surface area contributed by atoms with Gasteiger partial charge in [-0.15, -0.1) is 0 Å². The van der Waals surface area contributed by atoms with Crippen LogP contribution < -0.4 is 9.64 Å². The van der Waals surface area contributed by atoms with Crippen molar-refractivity contribution in [3.8, 4) is 11.5 Å². The smallest absolute Gasteiger partial charge is 0.260 e. The summed E-state index contributed by atoms with van der Waals surface area (Å²) in [5, 5.41) is 0.479. The van der Waals surface area contributed by atoms with Gasteiger partial charge in [0.2, 0.25) is 0 Å². The fourth-order valence-electron chi connectivity index (χ4n) is 3.84. The van der Waals surface area contributed by atoms with E-state index in [2.05, 4.69) is 9.88 Å². The molecule has 1 aliphatic rings. The minimum Gasteiger partial charge on any atom is -0.457 e. The summed E-state index contributed by atoms with van der Waals surface area (Å²) in [6.07, 6.45) is 0. The number of anilines is 1. The summed E-state index contributed by atoms with van der Waals surface area (Å²) in [6, 6.07) is 21.4. The highest BCUT2D eigenvalue weighted by atomic mass is 32.1. The van der Waals surface area contributed by atoms with Gasteiger partial charge in [0.05, 0.1) is 17.9 Å². The highest BCUT2D eigenvalue weighted by Crippen LogP contribution is 2.31. The quantitative estimate of drug-likeness (QED) is 0.366. The number of hydrogen-bond acceptors (Lipinski definition) is 6. The predicted molar refractivity (Wildman–Crippen MR) is 131 cm³/mol. The Hall–Kier alpha value is -3.33. The molecule has 2 heterocycles. The lowest BCUT2D eigenvalue weighted by molar-refractivity contribution is 0.0391. The molecule has 0 unspecified atom stereocenters. The lowest BCUT2D eigenvalue weighted by Crippen LogP contribution is -2.43. The normalized spacial score (nSPS) is 14.3. The van der Waals surface area contributed by atoms with Gasteiger partial charge < -0.3 is 9.47 Å². The Morgan fingerprint density at radius 1 is 1.03 bits per heavy atom. The molecule has 174 valence electrons. The Balaban J connectivity index is 1.43. The van der Waals surface area contributed by atoms with Gasteiger partial charge in [-0.2, -0.15) is 0 Å². The molecule has 0 aliphatic carbocycles. The molecule has 1 fully saturated rings. The van der Waals surface area contributed by atoms with Crippen LogP contribution in [-0.2, 0) is 4.74 Å². The van der Waals surface area contributed by atoms with Crippen LogP contribution in [0.2, 0.25) is 0 Å². The van der Waals surface area contributed by atoms with Crippen LogP contribution in [0.1, 0.15) is 10.4 Å². The first-order chi connectivity index (χ1) is 16.7. The van der Waals surface area contributed by atoms with E-state index in [4.69, 9.17) is 9.47 Å². The number of ether oxygens (including phenoxy) is 2. The summed E-state index contributed by atoms with van der Waals surface area (Å²) in [4.78, 5) is 22.1. The number of carbonyl (C=O) groups is 1. The van der Waals surface area contributed by atoms with Crippen LogP contribution >= 0.6 is 11.3 Å². The maximum absolute atomic E-state index is 14.3. The van der Waals surface area contributed by atoms with Crippen LogP contribution in [0.4, 0.5) is 9.52 Å². The van der Waals surface area contributed by atoms with Gasteiger partial charge in [-0.3, -0.25) is 14.6 Å². The van der Waals surface area contributed by atoms with Crippen molar-refractivity contribution < 1.29 is 18.7 Å². The van der Waals surface area contributed by atoms with Crippen molar-refractivity contribution in [3.05, 3.63) is 84.2 Å². The SMILES string of the molecule is O=C(c1cccc(Oc2ccccc2)c1)N(CCN1CCOCC1)c1nc2c(F)cccc2s1. The molecule has 0 spiro atoms. The monoisotopic (exact) mass is 477 g/mol. The van der Waals surface area contributed by atoms with E-state index in [9.17, 15) is 9.18 Å². The van der Waals surface area contributed by atoms with Gasteiger partial charge >= 0.3 is 0 Å². The summed E-state index contributed by atoms with van der Waals surface area (Å²) in [6.45, 7) is 4.10. The second-order valence-corrected chi connectivity index (χ2v) is 8.95. The number of hydrogen-bond donors (Lipinski definition) is 0. The highest BCUT2D eigenvalue weighted by Gasteiger charge is 2.24. The van der Waals surface area contributed by atoms with Gasteiger partial charge in [0, 0.05) is 31.7 Å². The van der Waals surface area contributed by atoms with Crippen molar-refractivity contribution >= 4 is 32.6 Å². The third-order valence-electron chi connectivity index (χ3n) is 5.64. The second-order valence-electron chi connectivity index (χ2n) is 7.94. The average molecular weight is 478 g/mol. The highest BCUT2D eigenvalue weighted by molar-refractivity contribution is 7.22. The molecule has 0 atom stereocenters.